The molecule has 36 heavy (non-hydrogen) atoms. The molecule has 198 valence electrons. The van der Waals surface area contributed by atoms with E-state index in [9.17, 15) is 34.2 Å². The molecule has 4 unspecified atom stereocenters. The lowest BCUT2D eigenvalue weighted by atomic mass is 10.0. The predicted molar refractivity (Wildman–Crippen MR) is 128 cm³/mol. The second-order valence-electron chi connectivity index (χ2n) is 9.22. The number of rotatable bonds is 12. The normalized spacial score (nSPS) is 17.8. The smallest absolute Gasteiger partial charge is 0.326 e. The molecular formula is C24H34N4O8. The lowest BCUT2D eigenvalue weighted by Gasteiger charge is -2.29. The fourth-order valence-electron chi connectivity index (χ4n) is 3.92. The van der Waals surface area contributed by atoms with Gasteiger partial charge in [0.2, 0.25) is 17.7 Å². The summed E-state index contributed by atoms with van der Waals surface area (Å²) in [6, 6.07) is 1.61. The Morgan fingerprint density at radius 3 is 2.25 bits per heavy atom. The molecule has 0 aromatic heterocycles. The Morgan fingerprint density at radius 2 is 1.69 bits per heavy atom. The fraction of sp³-hybridized carbons (Fsp3) is 0.542. The molecule has 0 spiro atoms. The van der Waals surface area contributed by atoms with Gasteiger partial charge in [-0.2, -0.15) is 0 Å². The van der Waals surface area contributed by atoms with Crippen molar-refractivity contribution in [1.82, 2.24) is 15.5 Å². The number of carboxylic acid groups (broad SMARTS) is 2. The number of hydrogen-bond acceptors (Lipinski definition) is 7. The molecule has 1 aromatic carbocycles. The third-order valence-corrected chi connectivity index (χ3v) is 6.11. The van der Waals surface area contributed by atoms with Crippen LogP contribution in [0.3, 0.4) is 0 Å². The minimum atomic E-state index is -1.47. The van der Waals surface area contributed by atoms with Gasteiger partial charge in [-0.25, -0.2) is 4.79 Å². The van der Waals surface area contributed by atoms with Gasteiger partial charge in [0.25, 0.3) is 0 Å². The number of carbonyl (C=O) groups is 5. The van der Waals surface area contributed by atoms with Gasteiger partial charge in [-0.1, -0.05) is 26.0 Å². The van der Waals surface area contributed by atoms with E-state index in [1.807, 2.05) is 0 Å². The number of phenols is 1. The van der Waals surface area contributed by atoms with Gasteiger partial charge in [-0.3, -0.25) is 19.2 Å². The van der Waals surface area contributed by atoms with Gasteiger partial charge < -0.3 is 36.6 Å². The van der Waals surface area contributed by atoms with Crippen LogP contribution in [0, 0.1) is 5.92 Å². The van der Waals surface area contributed by atoms with Crippen LogP contribution < -0.4 is 16.4 Å². The first-order valence-corrected chi connectivity index (χ1v) is 11.8. The number of phenolic OH excluding ortho intramolecular Hbond substituents is 1. The highest BCUT2D eigenvalue weighted by Gasteiger charge is 2.38. The van der Waals surface area contributed by atoms with Crippen LogP contribution in [0.4, 0.5) is 0 Å². The summed E-state index contributed by atoms with van der Waals surface area (Å²) in [6.45, 7) is 3.95. The largest absolute Gasteiger partial charge is 0.508 e. The lowest BCUT2D eigenvalue weighted by Crippen LogP contribution is -2.57. The fourth-order valence-corrected chi connectivity index (χ4v) is 3.92. The lowest BCUT2D eigenvalue weighted by molar-refractivity contribution is -0.144. The molecule has 4 atom stereocenters. The summed E-state index contributed by atoms with van der Waals surface area (Å²) in [5.74, 6) is -4.50. The van der Waals surface area contributed by atoms with Gasteiger partial charge in [0.05, 0.1) is 6.04 Å². The van der Waals surface area contributed by atoms with Crippen molar-refractivity contribution < 1.29 is 39.3 Å². The highest BCUT2D eigenvalue weighted by Crippen LogP contribution is 2.20. The van der Waals surface area contributed by atoms with Gasteiger partial charge in [-0.15, -0.1) is 0 Å². The quantitative estimate of drug-likeness (QED) is 0.223. The van der Waals surface area contributed by atoms with E-state index >= 15 is 0 Å². The van der Waals surface area contributed by atoms with Crippen molar-refractivity contribution >= 4 is 29.7 Å². The molecule has 1 aliphatic rings. The molecule has 1 fully saturated rings. The zero-order valence-corrected chi connectivity index (χ0v) is 20.3. The zero-order chi connectivity index (χ0) is 27.0. The van der Waals surface area contributed by atoms with Crippen LogP contribution in [0.1, 0.15) is 45.1 Å². The monoisotopic (exact) mass is 506 g/mol. The molecule has 1 aliphatic heterocycles. The maximum atomic E-state index is 13.2. The molecule has 3 amide bonds. The molecule has 0 bridgehead atoms. The summed E-state index contributed by atoms with van der Waals surface area (Å²) in [5, 5.41) is 32.7. The second-order valence-corrected chi connectivity index (χ2v) is 9.22. The minimum Gasteiger partial charge on any atom is -0.508 e. The average molecular weight is 507 g/mol. The van der Waals surface area contributed by atoms with E-state index < -0.39 is 54.3 Å². The van der Waals surface area contributed by atoms with E-state index in [2.05, 4.69) is 10.6 Å². The number of carboxylic acids is 2. The van der Waals surface area contributed by atoms with Crippen LogP contribution in [-0.2, 0) is 30.4 Å². The number of hydrogen-bond donors (Lipinski definition) is 6. The standard InChI is InChI=1S/C24H34N4O8/c1-13(2)20(25)23(34)28-11-3-4-18(28)22(33)27-17(12-14-5-7-15(29)8-6-14)21(32)26-16(24(35)36)9-10-19(30)31/h5-8,13,16-18,20,29H,3-4,9-12,25H2,1-2H3,(H,26,32)(H,27,33)(H,30,31)(H,35,36). The molecule has 1 heterocycles. The summed E-state index contributed by atoms with van der Waals surface area (Å²) in [7, 11) is 0. The highest BCUT2D eigenvalue weighted by atomic mass is 16.4. The SMILES string of the molecule is CC(C)C(N)C(=O)N1CCCC1C(=O)NC(Cc1ccc(O)cc1)C(=O)NC(CCC(=O)O)C(=O)O. The van der Waals surface area contributed by atoms with Crippen molar-refractivity contribution in [3.05, 3.63) is 29.8 Å². The van der Waals surface area contributed by atoms with Crippen molar-refractivity contribution in [1.29, 1.82) is 0 Å². The highest BCUT2D eigenvalue weighted by molar-refractivity contribution is 5.94. The Hall–Kier alpha value is -3.67. The van der Waals surface area contributed by atoms with Crippen molar-refractivity contribution in [2.24, 2.45) is 11.7 Å². The first-order chi connectivity index (χ1) is 16.9. The number of aromatic hydroxyl groups is 1. The van der Waals surface area contributed by atoms with Gasteiger partial charge >= 0.3 is 11.9 Å². The number of nitrogens with two attached hydrogens (primary N) is 1. The molecule has 0 saturated carbocycles. The van der Waals surface area contributed by atoms with Crippen LogP contribution in [0.5, 0.6) is 5.75 Å². The van der Waals surface area contributed by atoms with Gasteiger partial charge in [0.1, 0.15) is 23.9 Å². The summed E-state index contributed by atoms with van der Waals surface area (Å²) in [5.41, 5.74) is 6.57. The van der Waals surface area contributed by atoms with Gasteiger partial charge in [-0.05, 0) is 42.9 Å². The number of aliphatic carboxylic acids is 2. The van der Waals surface area contributed by atoms with Crippen molar-refractivity contribution in [2.45, 2.75) is 70.1 Å². The van der Waals surface area contributed by atoms with Gasteiger partial charge in [0.15, 0.2) is 0 Å². The average Bonchev–Trinajstić information content (AvgIpc) is 3.31. The molecule has 0 radical (unpaired) electrons. The Kier molecular flexibility index (Phi) is 10.2. The van der Waals surface area contributed by atoms with Crippen LogP contribution in [0.15, 0.2) is 24.3 Å². The summed E-state index contributed by atoms with van der Waals surface area (Å²) >= 11 is 0. The topological polar surface area (TPSA) is 199 Å². The number of nitrogens with one attached hydrogen (secondary N) is 2. The summed E-state index contributed by atoms with van der Waals surface area (Å²) in [4.78, 5) is 62.9. The molecule has 0 aliphatic carbocycles. The van der Waals surface area contributed by atoms with E-state index in [1.54, 1.807) is 26.0 Å². The second kappa shape index (κ2) is 12.9. The maximum absolute atomic E-state index is 13.2. The number of carbonyl (C=O) groups excluding carboxylic acids is 3. The van der Waals surface area contributed by atoms with Crippen molar-refractivity contribution in [2.75, 3.05) is 6.54 Å². The zero-order valence-electron chi connectivity index (χ0n) is 20.3. The molecule has 1 aromatic rings. The third kappa shape index (κ3) is 7.94. The van der Waals surface area contributed by atoms with Crippen LogP contribution >= 0.6 is 0 Å². The van der Waals surface area contributed by atoms with Crippen molar-refractivity contribution in [3.8, 4) is 5.75 Å². The molecule has 7 N–H and O–H groups in total. The molecule has 12 nitrogen and oxygen atoms in total. The number of nitrogens with zero attached hydrogens (tertiary/aromatic N) is 1. The molecular weight excluding hydrogens is 472 g/mol. The number of benzene rings is 1. The number of amides is 3. The first-order valence-electron chi connectivity index (χ1n) is 11.8. The molecule has 1 saturated heterocycles. The first kappa shape index (κ1) is 28.6. The maximum Gasteiger partial charge on any atom is 0.326 e. The Labute approximate surface area is 208 Å². The van der Waals surface area contributed by atoms with E-state index in [4.69, 9.17) is 10.8 Å². The van der Waals surface area contributed by atoms with E-state index in [0.717, 1.165) is 0 Å². The van der Waals surface area contributed by atoms with E-state index in [1.165, 1.54) is 17.0 Å². The van der Waals surface area contributed by atoms with Crippen LogP contribution in [-0.4, -0.2) is 80.6 Å². The predicted octanol–water partition coefficient (Wildman–Crippen LogP) is -0.172. The summed E-state index contributed by atoms with van der Waals surface area (Å²) in [6.07, 6.45) is 0.122. The number of likely N-dealkylation sites (tertiary alicyclic amines) is 1. The summed E-state index contributed by atoms with van der Waals surface area (Å²) < 4.78 is 0. The van der Waals surface area contributed by atoms with Gasteiger partial charge in [0, 0.05) is 19.4 Å². The van der Waals surface area contributed by atoms with E-state index in [0.29, 0.717) is 24.9 Å². The third-order valence-electron chi connectivity index (χ3n) is 6.11. The van der Waals surface area contributed by atoms with Crippen molar-refractivity contribution in [3.63, 3.8) is 0 Å². The Bertz CT molecular complexity index is 965. The molecule has 2 rings (SSSR count). The van der Waals surface area contributed by atoms with E-state index in [-0.39, 0.29) is 30.4 Å². The Balaban J connectivity index is 2.22. The van der Waals surface area contributed by atoms with Crippen LogP contribution in [0.25, 0.3) is 0 Å². The molecule has 12 heteroatoms. The minimum absolute atomic E-state index is 0.00463. The van der Waals surface area contributed by atoms with Crippen LogP contribution in [0.2, 0.25) is 0 Å². The Morgan fingerprint density at radius 1 is 1.06 bits per heavy atom.